The fraction of sp³-hybridized carbons (Fsp3) is 0.556. The van der Waals surface area contributed by atoms with Crippen molar-refractivity contribution < 1.29 is 14.6 Å². The van der Waals surface area contributed by atoms with Gasteiger partial charge in [-0.15, -0.1) is 0 Å². The molecule has 0 spiro atoms. The Morgan fingerprint density at radius 3 is 2.69 bits per heavy atom. The Morgan fingerprint density at radius 1 is 1.62 bits per heavy atom. The van der Waals surface area contributed by atoms with Crippen LogP contribution in [0, 0.1) is 0 Å². The summed E-state index contributed by atoms with van der Waals surface area (Å²) in [6, 6.07) is 0. The molecule has 0 saturated heterocycles. The molecule has 1 aromatic heterocycles. The Bertz CT molecular complexity index is 387. The number of hydrogen-bond acceptors (Lipinski definition) is 5. The molecule has 1 aromatic rings. The van der Waals surface area contributed by atoms with Crippen molar-refractivity contribution in [1.82, 2.24) is 4.98 Å². The van der Waals surface area contributed by atoms with Gasteiger partial charge < -0.3 is 9.84 Å². The fourth-order valence-electron chi connectivity index (χ4n) is 0.875. The molecule has 2 N–H and O–H groups in total. The third-order valence-electron chi connectivity index (χ3n) is 1.40. The van der Waals surface area contributed by atoms with E-state index in [-0.39, 0.29) is 11.8 Å². The van der Waals surface area contributed by atoms with Crippen molar-refractivity contribution in [2.24, 2.45) is 0 Å². The molecule has 0 aliphatic heterocycles. The molecule has 1 rings (SSSR count). The van der Waals surface area contributed by atoms with Crippen molar-refractivity contribution in [3.63, 3.8) is 0 Å². The maximum absolute atomic E-state index is 11.4. The van der Waals surface area contributed by atoms with E-state index in [0.29, 0.717) is 10.0 Å². The highest BCUT2D eigenvalue weighted by molar-refractivity contribution is 7.16. The maximum atomic E-state index is 11.4. The molecule has 0 fully saturated rings. The number of hydrogen-bond donors (Lipinski definition) is 2. The number of halogens is 1. The van der Waals surface area contributed by atoms with E-state index in [0.717, 1.165) is 11.3 Å². The summed E-state index contributed by atoms with van der Waals surface area (Å²) in [4.78, 5) is 15.7. The van der Waals surface area contributed by atoms with Crippen molar-refractivity contribution in [1.29, 1.82) is 0 Å². The number of amides is 1. The molecule has 0 saturated carbocycles. The highest BCUT2D eigenvalue weighted by Gasteiger charge is 2.18. The van der Waals surface area contributed by atoms with Gasteiger partial charge in [-0.05, 0) is 20.8 Å². The summed E-state index contributed by atoms with van der Waals surface area (Å²) in [6.07, 6.45) is -0.595. The Morgan fingerprint density at radius 2 is 2.25 bits per heavy atom. The van der Waals surface area contributed by atoms with Crippen LogP contribution in [-0.4, -0.2) is 21.8 Å². The van der Waals surface area contributed by atoms with Gasteiger partial charge in [0.2, 0.25) is 0 Å². The summed E-state index contributed by atoms with van der Waals surface area (Å²) in [7, 11) is 0. The van der Waals surface area contributed by atoms with Gasteiger partial charge in [0, 0.05) is 0 Å². The summed E-state index contributed by atoms with van der Waals surface area (Å²) < 4.78 is 5.04. The summed E-state index contributed by atoms with van der Waals surface area (Å²) in [6.45, 7) is 5.09. The molecule has 5 nitrogen and oxygen atoms in total. The summed E-state index contributed by atoms with van der Waals surface area (Å²) in [5.74, 6) is 0. The quantitative estimate of drug-likeness (QED) is 0.861. The van der Waals surface area contributed by atoms with Crippen LogP contribution in [0.3, 0.4) is 0 Å². The highest BCUT2D eigenvalue weighted by atomic mass is 35.5. The van der Waals surface area contributed by atoms with Crippen molar-refractivity contribution >= 4 is 34.2 Å². The van der Waals surface area contributed by atoms with Crippen molar-refractivity contribution in [3.05, 3.63) is 10.0 Å². The zero-order valence-electron chi connectivity index (χ0n) is 9.20. The van der Waals surface area contributed by atoms with E-state index in [1.165, 1.54) is 0 Å². The summed E-state index contributed by atoms with van der Waals surface area (Å²) in [5, 5.41) is 11.8. The second-order valence-corrected chi connectivity index (χ2v) is 5.46. The lowest BCUT2D eigenvalue weighted by Crippen LogP contribution is -2.27. The van der Waals surface area contributed by atoms with Gasteiger partial charge in [-0.1, -0.05) is 22.9 Å². The summed E-state index contributed by atoms with van der Waals surface area (Å²) >= 11 is 6.82. The zero-order chi connectivity index (χ0) is 12.3. The number of aliphatic hydroxyl groups excluding tert-OH is 1. The van der Waals surface area contributed by atoms with E-state index >= 15 is 0 Å². The van der Waals surface area contributed by atoms with E-state index in [1.807, 2.05) is 0 Å². The second kappa shape index (κ2) is 4.99. The Labute approximate surface area is 102 Å². The predicted molar refractivity (Wildman–Crippen MR) is 62.9 cm³/mol. The monoisotopic (exact) mass is 264 g/mol. The summed E-state index contributed by atoms with van der Waals surface area (Å²) in [5.41, 5.74) is -0.565. The average Bonchev–Trinajstić information content (AvgIpc) is 2.42. The first-order chi connectivity index (χ1) is 7.31. The third-order valence-corrected chi connectivity index (χ3v) is 2.78. The number of nitrogens with zero attached hydrogens (tertiary/aromatic N) is 1. The molecule has 0 aliphatic carbocycles. The van der Waals surface area contributed by atoms with Crippen molar-refractivity contribution in [2.75, 3.05) is 5.32 Å². The van der Waals surface area contributed by atoms with Crippen LogP contribution in [0.15, 0.2) is 0 Å². The van der Waals surface area contributed by atoms with E-state index in [9.17, 15) is 4.79 Å². The molecule has 1 heterocycles. The van der Waals surface area contributed by atoms with Crippen molar-refractivity contribution in [3.8, 4) is 0 Å². The molecule has 0 radical (unpaired) electrons. The maximum Gasteiger partial charge on any atom is 0.413 e. The number of ether oxygens (including phenoxy) is 1. The number of anilines is 1. The number of aliphatic hydroxyl groups is 1. The van der Waals surface area contributed by atoms with Crippen LogP contribution in [0.4, 0.5) is 9.93 Å². The molecule has 0 aliphatic rings. The van der Waals surface area contributed by atoms with Crippen LogP contribution in [0.1, 0.15) is 25.6 Å². The minimum atomic E-state index is -0.595. The van der Waals surface area contributed by atoms with Crippen molar-refractivity contribution in [2.45, 2.75) is 33.0 Å². The number of aromatic nitrogens is 1. The lowest BCUT2D eigenvalue weighted by atomic mass is 10.2. The van der Waals surface area contributed by atoms with Crippen LogP contribution in [0.25, 0.3) is 0 Å². The zero-order valence-corrected chi connectivity index (χ0v) is 10.8. The van der Waals surface area contributed by atoms with Crippen LogP contribution >= 0.6 is 22.9 Å². The van der Waals surface area contributed by atoms with Gasteiger partial charge in [0.1, 0.15) is 10.8 Å². The SMILES string of the molecule is CC(C)(C)OC(=O)Nc1nc(Cl)c(CO)s1. The van der Waals surface area contributed by atoms with Crippen LogP contribution < -0.4 is 5.32 Å². The molecule has 7 heteroatoms. The molecule has 16 heavy (non-hydrogen) atoms. The van der Waals surface area contributed by atoms with Crippen LogP contribution in [-0.2, 0) is 11.3 Å². The van der Waals surface area contributed by atoms with Gasteiger partial charge in [-0.3, -0.25) is 5.32 Å². The van der Waals surface area contributed by atoms with Gasteiger partial charge >= 0.3 is 6.09 Å². The topological polar surface area (TPSA) is 71.5 Å². The predicted octanol–water partition coefficient (Wildman–Crippen LogP) is 2.64. The number of nitrogens with one attached hydrogen (secondary N) is 1. The van der Waals surface area contributed by atoms with Gasteiger partial charge in [-0.2, -0.15) is 0 Å². The number of carbonyl (C=O) groups excluding carboxylic acids is 1. The first kappa shape index (κ1) is 13.2. The fourth-order valence-corrected chi connectivity index (χ4v) is 1.88. The lowest BCUT2D eigenvalue weighted by Gasteiger charge is -2.18. The van der Waals surface area contributed by atoms with E-state index in [4.69, 9.17) is 21.4 Å². The highest BCUT2D eigenvalue weighted by Crippen LogP contribution is 2.27. The normalized spacial score (nSPS) is 11.3. The molecule has 0 unspecified atom stereocenters. The standard InChI is InChI=1S/C9H13ClN2O3S/c1-9(2,3)15-8(14)12-7-11-6(10)5(4-13)16-7/h13H,4H2,1-3H3,(H,11,12,14). The molecule has 0 bridgehead atoms. The number of carbonyl (C=O) groups is 1. The van der Waals surface area contributed by atoms with Gasteiger partial charge in [0.15, 0.2) is 5.13 Å². The molecule has 0 aromatic carbocycles. The average molecular weight is 265 g/mol. The van der Waals surface area contributed by atoms with E-state index in [1.54, 1.807) is 20.8 Å². The number of thiazole rings is 1. The molecule has 90 valence electrons. The smallest absolute Gasteiger partial charge is 0.413 e. The molecule has 0 atom stereocenters. The molecule has 1 amide bonds. The minimum absolute atomic E-state index is 0.193. The Balaban J connectivity index is 2.63. The largest absolute Gasteiger partial charge is 0.444 e. The third kappa shape index (κ3) is 3.96. The van der Waals surface area contributed by atoms with E-state index in [2.05, 4.69) is 10.3 Å². The molecular formula is C9H13ClN2O3S. The lowest BCUT2D eigenvalue weighted by molar-refractivity contribution is 0.0636. The van der Waals surface area contributed by atoms with Crippen LogP contribution in [0.2, 0.25) is 5.15 Å². The second-order valence-electron chi connectivity index (χ2n) is 4.02. The Kier molecular flexibility index (Phi) is 4.12. The van der Waals surface area contributed by atoms with Gasteiger partial charge in [0.05, 0.1) is 11.5 Å². The number of rotatable bonds is 2. The van der Waals surface area contributed by atoms with Gasteiger partial charge in [-0.25, -0.2) is 9.78 Å². The van der Waals surface area contributed by atoms with Gasteiger partial charge in [0.25, 0.3) is 0 Å². The first-order valence-electron chi connectivity index (χ1n) is 4.58. The van der Waals surface area contributed by atoms with E-state index < -0.39 is 11.7 Å². The minimum Gasteiger partial charge on any atom is -0.444 e. The molecular weight excluding hydrogens is 252 g/mol. The first-order valence-corrected chi connectivity index (χ1v) is 5.77. The van der Waals surface area contributed by atoms with Crippen LogP contribution in [0.5, 0.6) is 0 Å². The Hall–Kier alpha value is -0.850.